The summed E-state index contributed by atoms with van der Waals surface area (Å²) in [6.45, 7) is 2.53. The van der Waals surface area contributed by atoms with Crippen molar-refractivity contribution in [2.75, 3.05) is 11.5 Å². The number of anilines is 1. The van der Waals surface area contributed by atoms with Crippen LogP contribution in [0.25, 0.3) is 5.69 Å². The van der Waals surface area contributed by atoms with Crippen LogP contribution in [0.3, 0.4) is 0 Å². The molecule has 1 saturated heterocycles. The Hall–Kier alpha value is -4.24. The SMILES string of the molecule is CCOc1ccc(N2C(=S)N[C@H](c3ccccn3)[C@H]2c2cccn2-c2cccc([N+](=O)[O-])c2)cc1. The number of aromatic nitrogens is 2. The van der Waals surface area contributed by atoms with Crippen LogP contribution in [0.1, 0.15) is 30.4 Å². The monoisotopic (exact) mass is 485 g/mol. The highest BCUT2D eigenvalue weighted by Crippen LogP contribution is 2.42. The van der Waals surface area contributed by atoms with E-state index in [1.165, 1.54) is 6.07 Å². The minimum Gasteiger partial charge on any atom is -0.494 e. The van der Waals surface area contributed by atoms with Crippen molar-refractivity contribution in [3.63, 3.8) is 0 Å². The molecule has 0 saturated carbocycles. The van der Waals surface area contributed by atoms with Crippen molar-refractivity contribution in [1.82, 2.24) is 14.9 Å². The van der Waals surface area contributed by atoms with Gasteiger partial charge in [-0.15, -0.1) is 0 Å². The Bertz CT molecular complexity index is 1360. The van der Waals surface area contributed by atoms with Crippen LogP contribution in [0.5, 0.6) is 5.75 Å². The zero-order valence-corrected chi connectivity index (χ0v) is 19.8. The van der Waals surface area contributed by atoms with E-state index in [0.29, 0.717) is 17.4 Å². The Morgan fingerprint density at radius 3 is 2.60 bits per heavy atom. The lowest BCUT2D eigenvalue weighted by molar-refractivity contribution is -0.384. The second kappa shape index (κ2) is 9.55. The Morgan fingerprint density at radius 1 is 1.06 bits per heavy atom. The van der Waals surface area contributed by atoms with Crippen LogP contribution >= 0.6 is 12.2 Å². The van der Waals surface area contributed by atoms with Crippen LogP contribution in [0.15, 0.2) is 91.3 Å². The molecule has 0 bridgehead atoms. The van der Waals surface area contributed by atoms with Gasteiger partial charge in [-0.05, 0) is 73.7 Å². The summed E-state index contributed by atoms with van der Waals surface area (Å²) < 4.78 is 7.57. The van der Waals surface area contributed by atoms with Crippen molar-refractivity contribution >= 4 is 28.7 Å². The zero-order chi connectivity index (χ0) is 24.4. The molecule has 8 nitrogen and oxygen atoms in total. The van der Waals surface area contributed by atoms with Gasteiger partial charge in [0, 0.05) is 35.9 Å². The fraction of sp³-hybridized carbons (Fsp3) is 0.154. The molecule has 0 aliphatic carbocycles. The van der Waals surface area contributed by atoms with Gasteiger partial charge in [0.25, 0.3) is 5.69 Å². The van der Waals surface area contributed by atoms with Crippen molar-refractivity contribution < 1.29 is 9.66 Å². The normalized spacial score (nSPS) is 17.3. The van der Waals surface area contributed by atoms with E-state index in [4.69, 9.17) is 17.0 Å². The molecule has 5 rings (SSSR count). The summed E-state index contributed by atoms with van der Waals surface area (Å²) in [5.74, 6) is 0.784. The lowest BCUT2D eigenvalue weighted by Gasteiger charge is -2.29. The summed E-state index contributed by atoms with van der Waals surface area (Å²) in [6, 6.07) is 23.6. The largest absolute Gasteiger partial charge is 0.494 e. The summed E-state index contributed by atoms with van der Waals surface area (Å²) >= 11 is 5.81. The van der Waals surface area contributed by atoms with Gasteiger partial charge in [0.1, 0.15) is 11.8 Å². The minimum absolute atomic E-state index is 0.0341. The first kappa shape index (κ1) is 22.5. The number of hydrogen-bond acceptors (Lipinski definition) is 5. The molecule has 9 heteroatoms. The lowest BCUT2D eigenvalue weighted by atomic mass is 10.0. The predicted octanol–water partition coefficient (Wildman–Crippen LogP) is 5.36. The maximum Gasteiger partial charge on any atom is 0.271 e. The molecule has 176 valence electrons. The number of nitro groups is 1. The van der Waals surface area contributed by atoms with E-state index >= 15 is 0 Å². The number of ether oxygens (including phenoxy) is 1. The molecule has 2 atom stereocenters. The van der Waals surface area contributed by atoms with Crippen LogP contribution in [-0.2, 0) is 0 Å². The topological polar surface area (TPSA) is 85.5 Å². The number of nitrogens with zero attached hydrogens (tertiary/aromatic N) is 4. The fourth-order valence-electron chi connectivity index (χ4n) is 4.43. The van der Waals surface area contributed by atoms with Crippen LogP contribution < -0.4 is 15.0 Å². The summed E-state index contributed by atoms with van der Waals surface area (Å²) in [6.07, 6.45) is 3.66. The maximum absolute atomic E-state index is 11.4. The summed E-state index contributed by atoms with van der Waals surface area (Å²) in [4.78, 5) is 17.7. The number of pyridine rings is 1. The van der Waals surface area contributed by atoms with E-state index < -0.39 is 0 Å². The lowest BCUT2D eigenvalue weighted by Crippen LogP contribution is -2.30. The average Bonchev–Trinajstić information content (AvgIpc) is 3.50. The molecule has 1 aliphatic heterocycles. The second-order valence-electron chi connectivity index (χ2n) is 8.00. The highest BCUT2D eigenvalue weighted by Gasteiger charge is 2.42. The number of thiocarbonyl (C=S) groups is 1. The molecule has 0 spiro atoms. The molecule has 2 aromatic carbocycles. The third-order valence-corrected chi connectivity index (χ3v) is 6.24. The zero-order valence-electron chi connectivity index (χ0n) is 18.9. The summed E-state index contributed by atoms with van der Waals surface area (Å²) in [5, 5.41) is 15.4. The van der Waals surface area contributed by atoms with Gasteiger partial charge in [-0.3, -0.25) is 15.1 Å². The molecule has 1 N–H and O–H groups in total. The van der Waals surface area contributed by atoms with Crippen LogP contribution in [-0.4, -0.2) is 26.2 Å². The molecule has 0 radical (unpaired) electrons. The smallest absolute Gasteiger partial charge is 0.271 e. The fourth-order valence-corrected chi connectivity index (χ4v) is 4.78. The van der Waals surface area contributed by atoms with Crippen molar-refractivity contribution in [3.8, 4) is 11.4 Å². The van der Waals surface area contributed by atoms with Gasteiger partial charge in [0.05, 0.1) is 29.0 Å². The molecular formula is C26H23N5O3S. The first-order valence-corrected chi connectivity index (χ1v) is 11.6. The summed E-state index contributed by atoms with van der Waals surface area (Å²) in [7, 11) is 0. The summed E-state index contributed by atoms with van der Waals surface area (Å²) in [5.41, 5.74) is 3.40. The van der Waals surface area contributed by atoms with Gasteiger partial charge in [-0.1, -0.05) is 12.1 Å². The predicted molar refractivity (Wildman–Crippen MR) is 138 cm³/mol. The van der Waals surface area contributed by atoms with E-state index in [9.17, 15) is 10.1 Å². The van der Waals surface area contributed by atoms with E-state index in [0.717, 1.165) is 22.8 Å². The van der Waals surface area contributed by atoms with Crippen LogP contribution in [0.4, 0.5) is 11.4 Å². The molecule has 1 aliphatic rings. The first-order chi connectivity index (χ1) is 17.1. The Balaban J connectivity index is 1.63. The average molecular weight is 486 g/mol. The maximum atomic E-state index is 11.4. The van der Waals surface area contributed by atoms with Crippen molar-refractivity contribution in [1.29, 1.82) is 0 Å². The molecule has 0 unspecified atom stereocenters. The van der Waals surface area contributed by atoms with E-state index in [-0.39, 0.29) is 22.7 Å². The van der Waals surface area contributed by atoms with E-state index in [1.807, 2.05) is 78.4 Å². The van der Waals surface area contributed by atoms with Gasteiger partial charge in [0.15, 0.2) is 5.11 Å². The Labute approximate surface area is 207 Å². The van der Waals surface area contributed by atoms with Crippen molar-refractivity contribution in [2.24, 2.45) is 0 Å². The molecule has 1 fully saturated rings. The van der Waals surface area contributed by atoms with E-state index in [1.54, 1.807) is 18.3 Å². The van der Waals surface area contributed by atoms with Crippen LogP contribution in [0.2, 0.25) is 0 Å². The van der Waals surface area contributed by atoms with Gasteiger partial charge in [0.2, 0.25) is 0 Å². The number of non-ortho nitro benzene ring substituents is 1. The molecule has 0 amide bonds. The number of benzene rings is 2. The van der Waals surface area contributed by atoms with Crippen molar-refractivity contribution in [2.45, 2.75) is 19.0 Å². The van der Waals surface area contributed by atoms with Crippen molar-refractivity contribution in [3.05, 3.63) is 113 Å². The van der Waals surface area contributed by atoms with Gasteiger partial charge in [-0.2, -0.15) is 0 Å². The molecule has 4 aromatic rings. The highest BCUT2D eigenvalue weighted by molar-refractivity contribution is 7.80. The molecule has 35 heavy (non-hydrogen) atoms. The number of hydrogen-bond donors (Lipinski definition) is 1. The number of nitro benzene ring substituents is 1. The third kappa shape index (κ3) is 4.33. The minimum atomic E-state index is -0.387. The van der Waals surface area contributed by atoms with Gasteiger partial charge < -0.3 is 19.5 Å². The molecule has 3 heterocycles. The van der Waals surface area contributed by atoms with Gasteiger partial charge >= 0.3 is 0 Å². The van der Waals surface area contributed by atoms with E-state index in [2.05, 4.69) is 15.2 Å². The highest BCUT2D eigenvalue weighted by atomic mass is 32.1. The third-order valence-electron chi connectivity index (χ3n) is 5.93. The van der Waals surface area contributed by atoms with Crippen LogP contribution in [0, 0.1) is 10.1 Å². The number of nitrogens with one attached hydrogen (secondary N) is 1. The quantitative estimate of drug-likeness (QED) is 0.214. The standard InChI is InChI=1S/C26H23N5O3S/c1-2-34-21-13-11-18(12-14-21)30-25(24(28-26(30)35)22-9-3-4-15-27-22)23-10-6-16-29(23)19-7-5-8-20(17-19)31(32)33/h3-17,24-25H,2H2,1H3,(H,28,35)/t24-,25-/m1/s1. The molecular weight excluding hydrogens is 462 g/mol. The molecule has 2 aromatic heterocycles. The first-order valence-electron chi connectivity index (χ1n) is 11.2. The number of rotatable bonds is 7. The van der Waals surface area contributed by atoms with Gasteiger partial charge in [-0.25, -0.2) is 0 Å². The Morgan fingerprint density at radius 2 is 1.89 bits per heavy atom. The second-order valence-corrected chi connectivity index (χ2v) is 8.39. The Kier molecular flexibility index (Phi) is 6.15.